The quantitative estimate of drug-likeness (QED) is 0.309. The minimum atomic E-state index is -0.467. The van der Waals surface area contributed by atoms with Crippen LogP contribution in [0.15, 0.2) is 84.9 Å². The molecule has 4 aromatic rings. The van der Waals surface area contributed by atoms with E-state index in [1.54, 1.807) is 0 Å². The summed E-state index contributed by atoms with van der Waals surface area (Å²) in [6.07, 6.45) is 0. The fourth-order valence-corrected chi connectivity index (χ4v) is 4.77. The SMILES string of the molecule is COC(=O)COn1c(OCCN2CCN(C(c3ccccc3)c3ccccc3)CC2)nc2ccccc21. The van der Waals surface area contributed by atoms with Gasteiger partial charge in [-0.3, -0.25) is 9.80 Å². The summed E-state index contributed by atoms with van der Waals surface area (Å²) in [4.78, 5) is 26.7. The first kappa shape index (κ1) is 24.8. The zero-order valence-electron chi connectivity index (χ0n) is 21.0. The van der Waals surface area contributed by atoms with Gasteiger partial charge in [-0.25, -0.2) is 4.79 Å². The number of methoxy groups -OCH3 is 1. The van der Waals surface area contributed by atoms with Crippen LogP contribution in [0.3, 0.4) is 0 Å². The van der Waals surface area contributed by atoms with Gasteiger partial charge in [0.05, 0.1) is 18.7 Å². The van der Waals surface area contributed by atoms with E-state index in [-0.39, 0.29) is 12.6 Å². The maximum atomic E-state index is 11.6. The number of aromatic nitrogens is 2. The number of para-hydroxylation sites is 2. The van der Waals surface area contributed by atoms with Crippen molar-refractivity contribution in [3.8, 4) is 6.01 Å². The number of esters is 1. The molecule has 8 heteroatoms. The summed E-state index contributed by atoms with van der Waals surface area (Å²) in [6, 6.07) is 29.6. The number of rotatable bonds is 10. The van der Waals surface area contributed by atoms with Gasteiger partial charge in [0.2, 0.25) is 6.61 Å². The summed E-state index contributed by atoms with van der Waals surface area (Å²) in [5.41, 5.74) is 4.11. The summed E-state index contributed by atoms with van der Waals surface area (Å²) in [5.74, 6) is -0.467. The first-order valence-corrected chi connectivity index (χ1v) is 12.6. The van der Waals surface area contributed by atoms with E-state index in [4.69, 9.17) is 14.3 Å². The molecular formula is C29H32N4O4. The molecule has 0 spiro atoms. The number of hydrogen-bond donors (Lipinski definition) is 0. The highest BCUT2D eigenvalue weighted by Gasteiger charge is 2.26. The van der Waals surface area contributed by atoms with Gasteiger partial charge in [0.1, 0.15) is 12.1 Å². The highest BCUT2D eigenvalue weighted by molar-refractivity contribution is 5.76. The molecule has 0 bridgehead atoms. The molecule has 1 saturated heterocycles. The number of benzene rings is 3. The van der Waals surface area contributed by atoms with Gasteiger partial charge in [0.25, 0.3) is 0 Å². The van der Waals surface area contributed by atoms with Gasteiger partial charge in [-0.1, -0.05) is 72.8 Å². The number of carbonyl (C=O) groups excluding carboxylic acids is 1. The Kier molecular flexibility index (Phi) is 7.98. The van der Waals surface area contributed by atoms with Crippen molar-refractivity contribution in [2.75, 3.05) is 53.0 Å². The van der Waals surface area contributed by atoms with Gasteiger partial charge in [-0.2, -0.15) is 4.98 Å². The lowest BCUT2D eigenvalue weighted by Gasteiger charge is -2.39. The molecule has 37 heavy (non-hydrogen) atoms. The largest absolute Gasteiger partial charge is 0.466 e. The van der Waals surface area contributed by atoms with Crippen LogP contribution in [0, 0.1) is 0 Å². The number of nitrogens with zero attached hydrogens (tertiary/aromatic N) is 4. The van der Waals surface area contributed by atoms with Crippen LogP contribution in [0.4, 0.5) is 0 Å². The second-order valence-corrected chi connectivity index (χ2v) is 8.98. The molecule has 0 amide bonds. The van der Waals surface area contributed by atoms with Gasteiger partial charge >= 0.3 is 12.0 Å². The summed E-state index contributed by atoms with van der Waals surface area (Å²) >= 11 is 0. The Morgan fingerprint density at radius 2 is 1.49 bits per heavy atom. The van der Waals surface area contributed by atoms with Crippen LogP contribution in [0.1, 0.15) is 17.2 Å². The standard InChI is InChI=1S/C29H32N4O4/c1-35-27(34)22-37-33-26-15-9-8-14-25(26)30-29(33)36-21-20-31-16-18-32(19-17-31)28(23-10-4-2-5-11-23)24-12-6-3-7-13-24/h2-15,28H,16-22H2,1H3. The van der Waals surface area contributed by atoms with Crippen molar-refractivity contribution in [1.29, 1.82) is 0 Å². The summed E-state index contributed by atoms with van der Waals surface area (Å²) in [7, 11) is 1.33. The molecule has 2 heterocycles. The molecule has 0 aliphatic carbocycles. The van der Waals surface area contributed by atoms with E-state index in [2.05, 4.69) is 75.4 Å². The third-order valence-corrected chi connectivity index (χ3v) is 6.67. The fourth-order valence-electron chi connectivity index (χ4n) is 4.77. The maximum Gasteiger partial charge on any atom is 0.346 e. The molecule has 0 N–H and O–H groups in total. The number of fused-ring (bicyclic) bond motifs is 1. The van der Waals surface area contributed by atoms with Crippen molar-refractivity contribution in [3.05, 3.63) is 96.1 Å². The average Bonchev–Trinajstić information content (AvgIpc) is 3.31. The molecule has 0 saturated carbocycles. The normalized spacial score (nSPS) is 14.6. The molecule has 0 atom stereocenters. The minimum Gasteiger partial charge on any atom is -0.466 e. The van der Waals surface area contributed by atoms with E-state index in [1.807, 2.05) is 24.3 Å². The van der Waals surface area contributed by atoms with E-state index in [1.165, 1.54) is 23.0 Å². The molecule has 5 rings (SSSR count). The molecule has 8 nitrogen and oxygen atoms in total. The van der Waals surface area contributed by atoms with Crippen LogP contribution < -0.4 is 9.57 Å². The Morgan fingerprint density at radius 1 is 0.865 bits per heavy atom. The number of carbonyl (C=O) groups is 1. The zero-order chi connectivity index (χ0) is 25.5. The number of imidazole rings is 1. The van der Waals surface area contributed by atoms with Crippen molar-refractivity contribution < 1.29 is 19.1 Å². The molecule has 1 fully saturated rings. The smallest absolute Gasteiger partial charge is 0.346 e. The minimum absolute atomic E-state index is 0.223. The first-order chi connectivity index (χ1) is 18.2. The lowest BCUT2D eigenvalue weighted by atomic mass is 9.96. The van der Waals surface area contributed by atoms with Crippen molar-refractivity contribution >= 4 is 17.0 Å². The molecule has 1 aromatic heterocycles. The van der Waals surface area contributed by atoms with Crippen LogP contribution in [0.25, 0.3) is 11.0 Å². The van der Waals surface area contributed by atoms with Crippen molar-refractivity contribution in [2.24, 2.45) is 0 Å². The summed E-state index contributed by atoms with van der Waals surface area (Å²) in [5, 5.41) is 0. The van der Waals surface area contributed by atoms with Gasteiger partial charge in [0.15, 0.2) is 0 Å². The van der Waals surface area contributed by atoms with Crippen molar-refractivity contribution in [1.82, 2.24) is 19.5 Å². The monoisotopic (exact) mass is 500 g/mol. The molecule has 1 aliphatic rings. The van der Waals surface area contributed by atoms with Crippen LogP contribution in [-0.4, -0.2) is 78.5 Å². The predicted octanol–water partition coefficient (Wildman–Crippen LogP) is 3.42. The van der Waals surface area contributed by atoms with Crippen molar-refractivity contribution in [2.45, 2.75) is 6.04 Å². The van der Waals surface area contributed by atoms with Crippen LogP contribution in [-0.2, 0) is 9.53 Å². The van der Waals surface area contributed by atoms with E-state index in [0.29, 0.717) is 12.6 Å². The Labute approximate surface area is 216 Å². The molecular weight excluding hydrogens is 468 g/mol. The van der Waals surface area contributed by atoms with Crippen LogP contribution in [0.2, 0.25) is 0 Å². The maximum absolute atomic E-state index is 11.6. The highest BCUT2D eigenvalue weighted by atomic mass is 16.7. The van der Waals surface area contributed by atoms with Gasteiger partial charge < -0.3 is 14.3 Å². The molecule has 1 aliphatic heterocycles. The van der Waals surface area contributed by atoms with Gasteiger partial charge in [-0.15, -0.1) is 4.73 Å². The third kappa shape index (κ3) is 5.93. The summed E-state index contributed by atoms with van der Waals surface area (Å²) < 4.78 is 12.2. The van der Waals surface area contributed by atoms with E-state index in [9.17, 15) is 4.79 Å². The third-order valence-electron chi connectivity index (χ3n) is 6.67. The Balaban J connectivity index is 1.19. The molecule has 3 aromatic carbocycles. The van der Waals surface area contributed by atoms with E-state index >= 15 is 0 Å². The highest BCUT2D eigenvalue weighted by Crippen LogP contribution is 2.29. The topological polar surface area (TPSA) is 69.1 Å². The number of hydrogen-bond acceptors (Lipinski definition) is 7. The van der Waals surface area contributed by atoms with Gasteiger partial charge in [-0.05, 0) is 23.3 Å². The summed E-state index contributed by atoms with van der Waals surface area (Å²) in [6.45, 7) is 4.86. The Hall–Kier alpha value is -3.88. The van der Waals surface area contributed by atoms with Gasteiger partial charge in [0, 0.05) is 32.7 Å². The predicted molar refractivity (Wildman–Crippen MR) is 141 cm³/mol. The van der Waals surface area contributed by atoms with Crippen LogP contribution >= 0.6 is 0 Å². The average molecular weight is 501 g/mol. The van der Waals surface area contributed by atoms with Crippen LogP contribution in [0.5, 0.6) is 6.01 Å². The van der Waals surface area contributed by atoms with E-state index in [0.717, 1.165) is 43.8 Å². The zero-order valence-corrected chi connectivity index (χ0v) is 21.0. The second kappa shape index (κ2) is 11.9. The first-order valence-electron chi connectivity index (χ1n) is 12.6. The second-order valence-electron chi connectivity index (χ2n) is 8.98. The van der Waals surface area contributed by atoms with Crippen molar-refractivity contribution in [3.63, 3.8) is 0 Å². The number of ether oxygens (including phenoxy) is 2. The Morgan fingerprint density at radius 3 is 2.14 bits per heavy atom. The fraction of sp³-hybridized carbons (Fsp3) is 0.310. The lowest BCUT2D eigenvalue weighted by molar-refractivity contribution is -0.146. The number of piperazine rings is 1. The Bertz CT molecular complexity index is 1250. The molecule has 192 valence electrons. The molecule has 0 radical (unpaired) electrons. The molecule has 0 unspecified atom stereocenters. The van der Waals surface area contributed by atoms with E-state index < -0.39 is 5.97 Å². The lowest BCUT2D eigenvalue weighted by Crippen LogP contribution is -2.48.